The molecule has 1 amide bonds. The van der Waals surface area contributed by atoms with Gasteiger partial charge in [-0.2, -0.15) is 0 Å². The summed E-state index contributed by atoms with van der Waals surface area (Å²) in [5.41, 5.74) is 0.616. The Morgan fingerprint density at radius 2 is 2.26 bits per heavy atom. The third-order valence-electron chi connectivity index (χ3n) is 3.83. The van der Waals surface area contributed by atoms with Gasteiger partial charge in [0.2, 0.25) is 0 Å². The molecule has 19 heavy (non-hydrogen) atoms. The van der Waals surface area contributed by atoms with Gasteiger partial charge in [0, 0.05) is 31.9 Å². The average Bonchev–Trinajstić information content (AvgIpc) is 2.43. The van der Waals surface area contributed by atoms with E-state index >= 15 is 0 Å². The van der Waals surface area contributed by atoms with Crippen LogP contribution in [0.3, 0.4) is 0 Å². The second-order valence-corrected chi connectivity index (χ2v) is 5.21. The zero-order valence-electron chi connectivity index (χ0n) is 11.8. The lowest BCUT2D eigenvalue weighted by atomic mass is 9.98. The van der Waals surface area contributed by atoms with E-state index in [1.807, 2.05) is 13.1 Å². The molecule has 1 aliphatic heterocycles. The number of pyridine rings is 1. The van der Waals surface area contributed by atoms with E-state index in [-0.39, 0.29) is 11.9 Å². The third kappa shape index (κ3) is 3.44. The van der Waals surface area contributed by atoms with Crippen molar-refractivity contribution < 1.29 is 4.79 Å². The fourth-order valence-electron chi connectivity index (χ4n) is 2.37. The molecule has 2 heterocycles. The molecule has 2 unspecified atom stereocenters. The summed E-state index contributed by atoms with van der Waals surface area (Å²) in [5, 5.41) is 6.03. The normalized spacial score (nSPS) is 23.9. The maximum Gasteiger partial charge on any atom is 0.253 e. The molecule has 5 heteroatoms. The molecule has 0 aromatic carbocycles. The Morgan fingerprint density at radius 1 is 1.47 bits per heavy atom. The highest BCUT2D eigenvalue weighted by atomic mass is 16.1. The highest BCUT2D eigenvalue weighted by Gasteiger charge is 2.24. The molecule has 2 atom stereocenters. The molecule has 1 fully saturated rings. The maximum atomic E-state index is 12.1. The van der Waals surface area contributed by atoms with Gasteiger partial charge in [0.25, 0.3) is 5.91 Å². The standard InChI is InChI=1S/C14H22N4O/c1-10-8-12(6-7-18(10)3)17-14(19)11-4-5-13(15-2)16-9-11/h4-5,9-10,12H,6-8H2,1-3H3,(H,15,16)(H,17,19). The summed E-state index contributed by atoms with van der Waals surface area (Å²) in [6.45, 7) is 3.23. The molecule has 2 rings (SSSR count). The van der Waals surface area contributed by atoms with Crippen molar-refractivity contribution in [2.45, 2.75) is 31.8 Å². The number of hydrogen-bond acceptors (Lipinski definition) is 4. The summed E-state index contributed by atoms with van der Waals surface area (Å²) < 4.78 is 0. The summed E-state index contributed by atoms with van der Waals surface area (Å²) in [4.78, 5) is 18.6. The number of carbonyl (C=O) groups excluding carboxylic acids is 1. The maximum absolute atomic E-state index is 12.1. The van der Waals surface area contributed by atoms with Crippen molar-refractivity contribution in [3.05, 3.63) is 23.9 Å². The monoisotopic (exact) mass is 262 g/mol. The number of likely N-dealkylation sites (tertiary alicyclic amines) is 1. The number of anilines is 1. The minimum absolute atomic E-state index is 0.0306. The molecule has 2 N–H and O–H groups in total. The van der Waals surface area contributed by atoms with Crippen molar-refractivity contribution in [1.82, 2.24) is 15.2 Å². The van der Waals surface area contributed by atoms with Gasteiger partial charge in [0.05, 0.1) is 5.56 Å². The zero-order valence-corrected chi connectivity index (χ0v) is 11.8. The second-order valence-electron chi connectivity index (χ2n) is 5.21. The SMILES string of the molecule is CNc1ccc(C(=O)NC2CCN(C)C(C)C2)cn1. The molecule has 0 spiro atoms. The van der Waals surface area contributed by atoms with Crippen LogP contribution < -0.4 is 10.6 Å². The zero-order chi connectivity index (χ0) is 13.8. The Hall–Kier alpha value is -1.62. The summed E-state index contributed by atoms with van der Waals surface area (Å²) in [6.07, 6.45) is 3.62. The number of hydrogen-bond donors (Lipinski definition) is 2. The van der Waals surface area contributed by atoms with Crippen LogP contribution >= 0.6 is 0 Å². The van der Waals surface area contributed by atoms with E-state index in [0.717, 1.165) is 25.2 Å². The van der Waals surface area contributed by atoms with E-state index in [9.17, 15) is 4.79 Å². The molecule has 0 bridgehead atoms. The Labute approximate surface area is 114 Å². The van der Waals surface area contributed by atoms with E-state index in [1.54, 1.807) is 12.3 Å². The molecule has 1 aromatic rings. The first-order valence-corrected chi connectivity index (χ1v) is 6.75. The quantitative estimate of drug-likeness (QED) is 0.863. The molecular weight excluding hydrogens is 240 g/mol. The van der Waals surface area contributed by atoms with Crippen molar-refractivity contribution in [2.75, 3.05) is 26.0 Å². The smallest absolute Gasteiger partial charge is 0.253 e. The van der Waals surface area contributed by atoms with Gasteiger partial charge in [-0.1, -0.05) is 0 Å². The molecule has 1 aliphatic rings. The van der Waals surface area contributed by atoms with E-state index in [0.29, 0.717) is 11.6 Å². The van der Waals surface area contributed by atoms with E-state index in [1.165, 1.54) is 0 Å². The number of aromatic nitrogens is 1. The van der Waals surface area contributed by atoms with E-state index < -0.39 is 0 Å². The molecular formula is C14H22N4O. The highest BCUT2D eigenvalue weighted by Crippen LogP contribution is 2.16. The molecule has 5 nitrogen and oxygen atoms in total. The van der Waals surface area contributed by atoms with Crippen LogP contribution in [0.5, 0.6) is 0 Å². The van der Waals surface area contributed by atoms with Crippen molar-refractivity contribution in [3.8, 4) is 0 Å². The second kappa shape index (κ2) is 6.02. The minimum atomic E-state index is -0.0306. The lowest BCUT2D eigenvalue weighted by molar-refractivity contribution is 0.0896. The summed E-state index contributed by atoms with van der Waals surface area (Å²) in [5.74, 6) is 0.737. The van der Waals surface area contributed by atoms with Crippen molar-refractivity contribution >= 4 is 11.7 Å². The Kier molecular flexibility index (Phi) is 4.37. The Bertz CT molecular complexity index is 432. The predicted molar refractivity (Wildman–Crippen MR) is 76.4 cm³/mol. The summed E-state index contributed by atoms with van der Waals surface area (Å²) in [7, 11) is 3.94. The number of carbonyl (C=O) groups is 1. The lowest BCUT2D eigenvalue weighted by Crippen LogP contribution is -2.47. The van der Waals surface area contributed by atoms with Crippen LogP contribution in [0.2, 0.25) is 0 Å². The van der Waals surface area contributed by atoms with Crippen molar-refractivity contribution in [1.29, 1.82) is 0 Å². The Balaban J connectivity index is 1.93. The number of amides is 1. The van der Waals surface area contributed by atoms with Crippen LogP contribution in [0.25, 0.3) is 0 Å². The van der Waals surface area contributed by atoms with Gasteiger partial charge in [0.15, 0.2) is 0 Å². The fraction of sp³-hybridized carbons (Fsp3) is 0.571. The first kappa shape index (κ1) is 13.8. The topological polar surface area (TPSA) is 57.3 Å². The minimum Gasteiger partial charge on any atom is -0.373 e. The van der Waals surface area contributed by atoms with Gasteiger partial charge < -0.3 is 15.5 Å². The fourth-order valence-corrected chi connectivity index (χ4v) is 2.37. The number of nitrogens with zero attached hydrogens (tertiary/aromatic N) is 2. The van der Waals surface area contributed by atoms with E-state index in [2.05, 4.69) is 34.5 Å². The summed E-state index contributed by atoms with van der Waals surface area (Å²) in [6, 6.07) is 4.39. The van der Waals surface area contributed by atoms with Gasteiger partial charge in [-0.05, 0) is 38.9 Å². The van der Waals surface area contributed by atoms with Crippen LogP contribution in [0.4, 0.5) is 5.82 Å². The Morgan fingerprint density at radius 3 is 2.84 bits per heavy atom. The average molecular weight is 262 g/mol. The molecule has 1 aromatic heterocycles. The van der Waals surface area contributed by atoms with Crippen molar-refractivity contribution in [3.63, 3.8) is 0 Å². The van der Waals surface area contributed by atoms with Crippen LogP contribution in [0.15, 0.2) is 18.3 Å². The third-order valence-corrected chi connectivity index (χ3v) is 3.83. The van der Waals surface area contributed by atoms with Crippen LogP contribution in [-0.4, -0.2) is 48.5 Å². The summed E-state index contributed by atoms with van der Waals surface area (Å²) >= 11 is 0. The number of piperidine rings is 1. The molecule has 104 valence electrons. The molecule has 0 saturated carbocycles. The molecule has 0 radical (unpaired) electrons. The highest BCUT2D eigenvalue weighted by molar-refractivity contribution is 5.94. The van der Waals surface area contributed by atoms with Gasteiger partial charge >= 0.3 is 0 Å². The van der Waals surface area contributed by atoms with Gasteiger partial charge in [-0.25, -0.2) is 4.98 Å². The van der Waals surface area contributed by atoms with Crippen LogP contribution in [-0.2, 0) is 0 Å². The molecule has 1 saturated heterocycles. The van der Waals surface area contributed by atoms with Gasteiger partial charge in [0.1, 0.15) is 5.82 Å². The van der Waals surface area contributed by atoms with E-state index in [4.69, 9.17) is 0 Å². The van der Waals surface area contributed by atoms with Crippen molar-refractivity contribution in [2.24, 2.45) is 0 Å². The van der Waals surface area contributed by atoms with Crippen LogP contribution in [0, 0.1) is 0 Å². The lowest BCUT2D eigenvalue weighted by Gasteiger charge is -2.35. The van der Waals surface area contributed by atoms with Crippen LogP contribution in [0.1, 0.15) is 30.1 Å². The molecule has 0 aliphatic carbocycles. The van der Waals surface area contributed by atoms with Gasteiger partial charge in [-0.3, -0.25) is 4.79 Å². The first-order valence-electron chi connectivity index (χ1n) is 6.75. The number of rotatable bonds is 3. The largest absolute Gasteiger partial charge is 0.373 e. The first-order chi connectivity index (χ1) is 9.10. The predicted octanol–water partition coefficient (Wildman–Crippen LogP) is 1.34. The number of nitrogens with one attached hydrogen (secondary N) is 2. The van der Waals surface area contributed by atoms with Gasteiger partial charge in [-0.15, -0.1) is 0 Å².